The van der Waals surface area contributed by atoms with Gasteiger partial charge in [0.15, 0.2) is 0 Å². The number of fused-ring (bicyclic) bond motifs is 3. The average Bonchev–Trinajstić information content (AvgIpc) is 2.81. The van der Waals surface area contributed by atoms with E-state index in [2.05, 4.69) is 0 Å². The number of carbonyl (C=O) groups is 2. The number of carbonyl (C=O) groups excluding carboxylic acids is 2. The van der Waals surface area contributed by atoms with Crippen LogP contribution >= 0.6 is 0 Å². The van der Waals surface area contributed by atoms with Crippen molar-refractivity contribution in [3.63, 3.8) is 0 Å². The highest BCUT2D eigenvalue weighted by atomic mass is 16.6. The van der Waals surface area contributed by atoms with Gasteiger partial charge in [0, 0.05) is 6.92 Å². The van der Waals surface area contributed by atoms with Crippen molar-refractivity contribution >= 4 is 11.9 Å². The molecule has 3 aliphatic rings. The number of ether oxygens (including phenoxy) is 2. The van der Waals surface area contributed by atoms with Crippen molar-refractivity contribution in [2.24, 2.45) is 17.8 Å². The number of esters is 2. The molecule has 1 saturated heterocycles. The molecule has 0 saturated carbocycles. The highest BCUT2D eigenvalue weighted by molar-refractivity contribution is 5.76. The molecule has 0 aromatic heterocycles. The van der Waals surface area contributed by atoms with Crippen LogP contribution in [0.1, 0.15) is 34.1 Å². The van der Waals surface area contributed by atoms with Gasteiger partial charge in [0.2, 0.25) is 0 Å². The molecule has 0 aromatic carbocycles. The average molecular weight is 306 g/mol. The van der Waals surface area contributed by atoms with Crippen molar-refractivity contribution in [3.05, 3.63) is 23.3 Å². The van der Waals surface area contributed by atoms with Crippen molar-refractivity contribution in [3.8, 4) is 0 Å². The smallest absolute Gasteiger partial charge is 0.309 e. The number of hydrogen-bond acceptors (Lipinski definition) is 5. The van der Waals surface area contributed by atoms with E-state index in [0.29, 0.717) is 6.42 Å². The lowest BCUT2D eigenvalue weighted by Gasteiger charge is -2.35. The van der Waals surface area contributed by atoms with Gasteiger partial charge in [0.05, 0.1) is 23.4 Å². The molecule has 0 amide bonds. The van der Waals surface area contributed by atoms with Gasteiger partial charge in [0.1, 0.15) is 12.2 Å². The predicted molar refractivity (Wildman–Crippen MR) is 78.7 cm³/mol. The van der Waals surface area contributed by atoms with Gasteiger partial charge in [-0.3, -0.25) is 9.59 Å². The molecule has 0 unspecified atom stereocenters. The molecule has 3 rings (SSSR count). The normalized spacial score (nSPS) is 43.5. The molecule has 0 aromatic rings. The molecule has 2 aliphatic carbocycles. The summed E-state index contributed by atoms with van der Waals surface area (Å²) < 4.78 is 11.1. The minimum atomic E-state index is -0.956. The summed E-state index contributed by atoms with van der Waals surface area (Å²) in [5, 5.41) is 10.7. The van der Waals surface area contributed by atoms with Crippen LogP contribution in [-0.4, -0.2) is 34.9 Å². The summed E-state index contributed by atoms with van der Waals surface area (Å²) in [6.45, 7) is 6.88. The molecule has 1 heterocycles. The van der Waals surface area contributed by atoms with Crippen molar-refractivity contribution in [1.29, 1.82) is 0 Å². The lowest BCUT2D eigenvalue weighted by Crippen LogP contribution is -2.44. The summed E-state index contributed by atoms with van der Waals surface area (Å²) in [5.74, 6) is -1.58. The maximum Gasteiger partial charge on any atom is 0.309 e. The largest absolute Gasteiger partial charge is 0.461 e. The Kier molecular flexibility index (Phi) is 3.44. The summed E-state index contributed by atoms with van der Waals surface area (Å²) in [5.41, 5.74) is 1.02. The number of aliphatic hydroxyl groups is 1. The fraction of sp³-hybridized carbons (Fsp3) is 0.647. The first-order chi connectivity index (χ1) is 10.2. The first kappa shape index (κ1) is 15.3. The number of rotatable bonds is 1. The van der Waals surface area contributed by atoms with Crippen LogP contribution in [0.5, 0.6) is 0 Å². The SMILES string of the molecule is CC(=O)O[C@@H]1C=C(C)C2=CC[C@](C)(O)[C@@H]2[C@@H]2OC(=O)[C@H](C)[C@@H]21. The lowest BCUT2D eigenvalue weighted by atomic mass is 9.76. The van der Waals surface area contributed by atoms with Crippen molar-refractivity contribution < 1.29 is 24.2 Å². The van der Waals surface area contributed by atoms with Crippen LogP contribution in [0.4, 0.5) is 0 Å². The molecule has 0 bridgehead atoms. The summed E-state index contributed by atoms with van der Waals surface area (Å²) in [6.07, 6.45) is 3.45. The van der Waals surface area contributed by atoms with E-state index < -0.39 is 17.8 Å². The summed E-state index contributed by atoms with van der Waals surface area (Å²) in [4.78, 5) is 23.5. The minimum Gasteiger partial charge on any atom is -0.461 e. The summed E-state index contributed by atoms with van der Waals surface area (Å²) in [7, 11) is 0. The van der Waals surface area contributed by atoms with Crippen LogP contribution in [0, 0.1) is 17.8 Å². The van der Waals surface area contributed by atoms with Gasteiger partial charge in [-0.25, -0.2) is 0 Å². The van der Waals surface area contributed by atoms with Gasteiger partial charge in [0.25, 0.3) is 0 Å². The Morgan fingerprint density at radius 1 is 1.50 bits per heavy atom. The van der Waals surface area contributed by atoms with Crippen LogP contribution in [0.25, 0.3) is 0 Å². The molecule has 0 radical (unpaired) electrons. The van der Waals surface area contributed by atoms with Gasteiger partial charge in [-0.05, 0) is 37.5 Å². The molecule has 1 aliphatic heterocycles. The second-order valence-electron chi connectivity index (χ2n) is 6.89. The molecule has 5 heteroatoms. The fourth-order valence-electron chi connectivity index (χ4n) is 4.12. The molecule has 1 fully saturated rings. The molecule has 22 heavy (non-hydrogen) atoms. The Bertz CT molecular complexity index is 586. The number of hydrogen-bond donors (Lipinski definition) is 1. The molecule has 5 nitrogen and oxygen atoms in total. The highest BCUT2D eigenvalue weighted by Gasteiger charge is 2.57. The maximum atomic E-state index is 12.1. The zero-order valence-corrected chi connectivity index (χ0v) is 13.3. The zero-order chi connectivity index (χ0) is 16.2. The lowest BCUT2D eigenvalue weighted by molar-refractivity contribution is -0.149. The molecule has 6 atom stereocenters. The Hall–Kier alpha value is -1.62. The van der Waals surface area contributed by atoms with Crippen molar-refractivity contribution in [2.75, 3.05) is 0 Å². The first-order valence-corrected chi connectivity index (χ1v) is 7.71. The topological polar surface area (TPSA) is 72.8 Å². The third kappa shape index (κ3) is 2.19. The first-order valence-electron chi connectivity index (χ1n) is 7.71. The van der Waals surface area contributed by atoms with Gasteiger partial charge in [-0.15, -0.1) is 0 Å². The predicted octanol–water partition coefficient (Wildman–Crippen LogP) is 1.75. The third-order valence-corrected chi connectivity index (χ3v) is 5.20. The van der Waals surface area contributed by atoms with Gasteiger partial charge < -0.3 is 14.6 Å². The second-order valence-corrected chi connectivity index (χ2v) is 6.89. The van der Waals surface area contributed by atoms with E-state index in [1.807, 2.05) is 19.1 Å². The van der Waals surface area contributed by atoms with Gasteiger partial charge in [-0.1, -0.05) is 13.0 Å². The highest BCUT2D eigenvalue weighted by Crippen LogP contribution is 2.50. The zero-order valence-electron chi connectivity index (χ0n) is 13.3. The Balaban J connectivity index is 2.09. The van der Waals surface area contributed by atoms with Crippen LogP contribution in [0.2, 0.25) is 0 Å². The van der Waals surface area contributed by atoms with E-state index in [9.17, 15) is 14.7 Å². The Morgan fingerprint density at radius 3 is 2.82 bits per heavy atom. The summed E-state index contributed by atoms with van der Waals surface area (Å²) in [6, 6.07) is 0. The maximum absolute atomic E-state index is 12.1. The quantitative estimate of drug-likeness (QED) is 0.747. The van der Waals surface area contributed by atoms with E-state index in [-0.39, 0.29) is 29.7 Å². The summed E-state index contributed by atoms with van der Waals surface area (Å²) >= 11 is 0. The van der Waals surface area contributed by atoms with Crippen LogP contribution in [0.3, 0.4) is 0 Å². The molecular weight excluding hydrogens is 284 g/mol. The third-order valence-electron chi connectivity index (χ3n) is 5.20. The molecule has 1 N–H and O–H groups in total. The standard InChI is InChI=1S/C17H22O5/c1-8-7-12(21-10(3)18)13-9(2)16(19)22-15(13)14-11(8)5-6-17(14,4)20/h5,7,9,12-15,20H,6H2,1-4H3/t9-,12-,13-,14+,15-,17+/m1/s1. The Labute approximate surface area is 130 Å². The van der Waals surface area contributed by atoms with E-state index in [1.165, 1.54) is 6.92 Å². The van der Waals surface area contributed by atoms with Gasteiger partial charge in [-0.2, -0.15) is 0 Å². The Morgan fingerprint density at radius 2 is 2.18 bits per heavy atom. The minimum absolute atomic E-state index is 0.271. The van der Waals surface area contributed by atoms with Crippen molar-refractivity contribution in [2.45, 2.75) is 51.9 Å². The number of allylic oxidation sites excluding steroid dienone is 1. The van der Waals surface area contributed by atoms with Crippen molar-refractivity contribution in [1.82, 2.24) is 0 Å². The van der Waals surface area contributed by atoms with E-state index in [0.717, 1.165) is 11.1 Å². The van der Waals surface area contributed by atoms with Crippen LogP contribution in [-0.2, 0) is 19.1 Å². The van der Waals surface area contributed by atoms with Gasteiger partial charge >= 0.3 is 11.9 Å². The second kappa shape index (κ2) is 4.95. The molecular formula is C17H22O5. The molecule has 120 valence electrons. The fourth-order valence-corrected chi connectivity index (χ4v) is 4.12. The van der Waals surface area contributed by atoms with Crippen LogP contribution in [0.15, 0.2) is 23.3 Å². The molecule has 0 spiro atoms. The van der Waals surface area contributed by atoms with Crippen LogP contribution < -0.4 is 0 Å². The monoisotopic (exact) mass is 306 g/mol. The van der Waals surface area contributed by atoms with E-state index in [4.69, 9.17) is 9.47 Å². The van der Waals surface area contributed by atoms with E-state index in [1.54, 1.807) is 13.8 Å². The van der Waals surface area contributed by atoms with E-state index >= 15 is 0 Å².